The van der Waals surface area contributed by atoms with Gasteiger partial charge in [0.25, 0.3) is 0 Å². The molecule has 1 aromatic carbocycles. The van der Waals surface area contributed by atoms with Crippen molar-refractivity contribution < 1.29 is 0 Å². The Balaban J connectivity index is 3.23. The smallest absolute Gasteiger partial charge is 0.0873 e. The van der Waals surface area contributed by atoms with Crippen molar-refractivity contribution in [3.05, 3.63) is 24.3 Å². The maximum atomic E-state index is 4.56. The minimum atomic E-state index is -1.40. The molecule has 0 heterocycles. The Kier molecular flexibility index (Phi) is 3.17. The average Bonchev–Trinajstić information content (AvgIpc) is 2.02. The molecule has 0 atom stereocenters. The fraction of sp³-hybridized carbons (Fsp3) is 0.500. The van der Waals surface area contributed by atoms with E-state index in [9.17, 15) is 0 Å². The van der Waals surface area contributed by atoms with Gasteiger partial charge in [0, 0.05) is 4.90 Å². The summed E-state index contributed by atoms with van der Waals surface area (Å²) in [5, 5.41) is 1.85. The molecular formula is C12H20SSi. The van der Waals surface area contributed by atoms with Crippen molar-refractivity contribution in [1.29, 1.82) is 0 Å². The first-order valence-electron chi connectivity index (χ1n) is 5.05. The highest BCUT2D eigenvalue weighted by Gasteiger charge is 2.37. The van der Waals surface area contributed by atoms with Gasteiger partial charge in [0.05, 0.1) is 8.07 Å². The first-order chi connectivity index (χ1) is 6.27. The van der Waals surface area contributed by atoms with E-state index in [0.29, 0.717) is 5.04 Å². The second-order valence-corrected chi connectivity index (χ2v) is 11.2. The van der Waals surface area contributed by atoms with Gasteiger partial charge in [-0.05, 0) is 16.3 Å². The molecule has 1 rings (SSSR count). The molecule has 0 N–H and O–H groups in total. The van der Waals surface area contributed by atoms with Gasteiger partial charge in [-0.25, -0.2) is 0 Å². The predicted molar refractivity (Wildman–Crippen MR) is 70.5 cm³/mol. The van der Waals surface area contributed by atoms with Crippen molar-refractivity contribution in [2.75, 3.05) is 0 Å². The van der Waals surface area contributed by atoms with Crippen LogP contribution in [0.25, 0.3) is 0 Å². The van der Waals surface area contributed by atoms with Crippen molar-refractivity contribution in [3.8, 4) is 0 Å². The van der Waals surface area contributed by atoms with Crippen LogP contribution in [0, 0.1) is 0 Å². The Hall–Kier alpha value is -0.213. The van der Waals surface area contributed by atoms with Gasteiger partial charge in [0.1, 0.15) is 0 Å². The lowest BCUT2D eigenvalue weighted by Gasteiger charge is -2.38. The van der Waals surface area contributed by atoms with Gasteiger partial charge >= 0.3 is 0 Å². The molecule has 1 aromatic rings. The van der Waals surface area contributed by atoms with Crippen LogP contribution in [-0.2, 0) is 0 Å². The molecule has 0 unspecified atom stereocenters. The molecule has 0 amide bonds. The second-order valence-electron chi connectivity index (χ2n) is 5.39. The lowest BCUT2D eigenvalue weighted by Crippen LogP contribution is -2.50. The van der Waals surface area contributed by atoms with E-state index in [0.717, 1.165) is 4.90 Å². The average molecular weight is 224 g/mol. The number of thiol groups is 1. The molecule has 0 fully saturated rings. The van der Waals surface area contributed by atoms with E-state index in [1.54, 1.807) is 0 Å². The van der Waals surface area contributed by atoms with Crippen LogP contribution in [0.15, 0.2) is 29.2 Å². The number of hydrogen-bond donors (Lipinski definition) is 1. The van der Waals surface area contributed by atoms with E-state index < -0.39 is 8.07 Å². The number of rotatable bonds is 1. The maximum absolute atomic E-state index is 4.56. The molecule has 0 bridgehead atoms. The van der Waals surface area contributed by atoms with Gasteiger partial charge < -0.3 is 0 Å². The molecular weight excluding hydrogens is 204 g/mol. The second kappa shape index (κ2) is 3.74. The molecule has 0 aliphatic rings. The van der Waals surface area contributed by atoms with Gasteiger partial charge in [-0.15, -0.1) is 12.6 Å². The van der Waals surface area contributed by atoms with E-state index >= 15 is 0 Å². The highest BCUT2D eigenvalue weighted by atomic mass is 32.1. The molecule has 0 aromatic heterocycles. The lowest BCUT2D eigenvalue weighted by atomic mass is 10.2. The summed E-state index contributed by atoms with van der Waals surface area (Å²) in [7, 11) is -1.40. The van der Waals surface area contributed by atoms with Gasteiger partial charge in [0.15, 0.2) is 0 Å². The van der Waals surface area contributed by atoms with Crippen LogP contribution in [0.1, 0.15) is 20.8 Å². The topological polar surface area (TPSA) is 0 Å². The molecule has 0 saturated carbocycles. The van der Waals surface area contributed by atoms with Gasteiger partial charge in [-0.2, -0.15) is 0 Å². The van der Waals surface area contributed by atoms with Gasteiger partial charge in [0.2, 0.25) is 0 Å². The summed E-state index contributed by atoms with van der Waals surface area (Å²) in [5.74, 6) is 0. The zero-order valence-electron chi connectivity index (χ0n) is 9.76. The fourth-order valence-corrected chi connectivity index (χ4v) is 4.45. The Morgan fingerprint density at radius 1 is 1.07 bits per heavy atom. The SMILES string of the molecule is CC(C)(C)[Si](C)(C)c1ccccc1S. The lowest BCUT2D eigenvalue weighted by molar-refractivity contribution is 0.729. The third-order valence-electron chi connectivity index (χ3n) is 3.45. The highest BCUT2D eigenvalue weighted by molar-refractivity contribution is 7.80. The Morgan fingerprint density at radius 2 is 1.57 bits per heavy atom. The van der Waals surface area contributed by atoms with Gasteiger partial charge in [-0.3, -0.25) is 0 Å². The van der Waals surface area contributed by atoms with Crippen molar-refractivity contribution in [3.63, 3.8) is 0 Å². The third kappa shape index (κ3) is 2.06. The minimum absolute atomic E-state index is 0.381. The summed E-state index contributed by atoms with van der Waals surface area (Å²) >= 11 is 4.56. The molecule has 0 nitrogen and oxygen atoms in total. The van der Waals surface area contributed by atoms with E-state index in [4.69, 9.17) is 0 Å². The van der Waals surface area contributed by atoms with Crippen LogP contribution in [0.2, 0.25) is 18.1 Å². The molecule has 0 saturated heterocycles. The normalized spacial score (nSPS) is 13.0. The highest BCUT2D eigenvalue weighted by Crippen LogP contribution is 2.36. The summed E-state index contributed by atoms with van der Waals surface area (Å²) in [4.78, 5) is 1.15. The summed E-state index contributed by atoms with van der Waals surface area (Å²) in [6, 6.07) is 8.51. The fourth-order valence-electron chi connectivity index (χ4n) is 1.41. The minimum Gasteiger partial charge on any atom is -0.144 e. The number of hydrogen-bond acceptors (Lipinski definition) is 1. The van der Waals surface area contributed by atoms with E-state index in [-0.39, 0.29) is 0 Å². The molecule has 0 aliphatic carbocycles. The standard InChI is InChI=1S/C12H20SSi/c1-12(2,3)14(4,5)11-9-7-6-8-10(11)13/h6-9,13H,1-5H3. The molecule has 78 valence electrons. The summed E-state index contributed by atoms with van der Waals surface area (Å²) < 4.78 is 0. The van der Waals surface area contributed by atoms with E-state index in [2.05, 4.69) is 70.8 Å². The van der Waals surface area contributed by atoms with Crippen molar-refractivity contribution in [1.82, 2.24) is 0 Å². The van der Waals surface area contributed by atoms with E-state index in [1.807, 2.05) is 0 Å². The summed E-state index contributed by atoms with van der Waals surface area (Å²) in [6.45, 7) is 11.8. The zero-order chi connectivity index (χ0) is 11.0. The molecule has 14 heavy (non-hydrogen) atoms. The van der Waals surface area contributed by atoms with Crippen molar-refractivity contribution in [2.45, 2.75) is 43.8 Å². The molecule has 0 aliphatic heterocycles. The maximum Gasteiger partial charge on any atom is 0.0873 e. The first kappa shape index (κ1) is 11.9. The number of benzene rings is 1. The van der Waals surface area contributed by atoms with Gasteiger partial charge in [-0.1, -0.05) is 52.1 Å². The Morgan fingerprint density at radius 3 is 2.00 bits per heavy atom. The van der Waals surface area contributed by atoms with Crippen molar-refractivity contribution in [2.24, 2.45) is 0 Å². The van der Waals surface area contributed by atoms with Crippen LogP contribution in [0.4, 0.5) is 0 Å². The third-order valence-corrected chi connectivity index (χ3v) is 9.59. The predicted octanol–water partition coefficient (Wildman–Crippen LogP) is 3.69. The van der Waals surface area contributed by atoms with Crippen LogP contribution >= 0.6 is 12.6 Å². The molecule has 0 spiro atoms. The monoisotopic (exact) mass is 224 g/mol. The molecule has 0 radical (unpaired) electrons. The largest absolute Gasteiger partial charge is 0.144 e. The first-order valence-corrected chi connectivity index (χ1v) is 8.50. The quantitative estimate of drug-likeness (QED) is 0.546. The van der Waals surface area contributed by atoms with Crippen LogP contribution in [0.3, 0.4) is 0 Å². The zero-order valence-corrected chi connectivity index (χ0v) is 11.7. The van der Waals surface area contributed by atoms with Crippen LogP contribution in [0.5, 0.6) is 0 Å². The molecule has 2 heteroatoms. The Labute approximate surface area is 94.2 Å². The summed E-state index contributed by atoms with van der Waals surface area (Å²) in [6.07, 6.45) is 0. The van der Waals surface area contributed by atoms with Crippen LogP contribution in [-0.4, -0.2) is 8.07 Å². The van der Waals surface area contributed by atoms with E-state index in [1.165, 1.54) is 5.19 Å². The summed E-state index contributed by atoms with van der Waals surface area (Å²) in [5.41, 5.74) is 0. The Bertz CT molecular complexity index is 323. The van der Waals surface area contributed by atoms with Crippen LogP contribution < -0.4 is 5.19 Å². The van der Waals surface area contributed by atoms with Crippen molar-refractivity contribution >= 4 is 25.9 Å².